The normalized spacial score (nSPS) is 14.4. The maximum Gasteiger partial charge on any atom is 0.429 e. The molecular formula is C26H17F12O4S+. The van der Waals surface area contributed by atoms with Gasteiger partial charge < -0.3 is 19.7 Å². The molecule has 0 fully saturated rings. The van der Waals surface area contributed by atoms with Gasteiger partial charge >= 0.3 is 24.7 Å². The Bertz CT molecular complexity index is 1590. The van der Waals surface area contributed by atoms with E-state index in [1.54, 1.807) is 12.1 Å². The Morgan fingerprint density at radius 1 is 0.558 bits per heavy atom. The third-order valence-corrected chi connectivity index (χ3v) is 8.69. The first-order chi connectivity index (χ1) is 19.6. The minimum atomic E-state index is -6.14. The van der Waals surface area contributed by atoms with Crippen molar-refractivity contribution in [3.63, 3.8) is 0 Å². The minimum Gasteiger partial charge on any atom is -0.490 e. The van der Waals surface area contributed by atoms with Gasteiger partial charge in [-0.1, -0.05) is 24.3 Å². The highest BCUT2D eigenvalue weighted by Crippen LogP contribution is 2.52. The summed E-state index contributed by atoms with van der Waals surface area (Å²) in [5.74, 6) is -0.963. The van der Waals surface area contributed by atoms with Crippen LogP contribution in [-0.4, -0.2) is 59.3 Å². The zero-order valence-electron chi connectivity index (χ0n) is 20.9. The summed E-state index contributed by atoms with van der Waals surface area (Å²) in [6, 6.07) is 14.6. The highest BCUT2D eigenvalue weighted by molar-refractivity contribution is 7.50. The van der Waals surface area contributed by atoms with Gasteiger partial charge in [0.05, 0.1) is 10.8 Å². The summed E-state index contributed by atoms with van der Waals surface area (Å²) >= 11 is 0. The molecule has 0 saturated carbocycles. The van der Waals surface area contributed by atoms with Gasteiger partial charge in [0.2, 0.25) is 0 Å². The van der Waals surface area contributed by atoms with Crippen molar-refractivity contribution in [3.05, 3.63) is 66.7 Å². The largest absolute Gasteiger partial charge is 0.490 e. The number of halogens is 12. The molecule has 1 atom stereocenters. The zero-order valence-corrected chi connectivity index (χ0v) is 21.7. The fourth-order valence-electron chi connectivity index (χ4n) is 4.00. The molecular weight excluding hydrogens is 636 g/mol. The Labute approximate surface area is 235 Å². The first kappa shape index (κ1) is 32.5. The van der Waals surface area contributed by atoms with E-state index in [9.17, 15) is 62.9 Å². The van der Waals surface area contributed by atoms with Crippen LogP contribution in [0.3, 0.4) is 0 Å². The average Bonchev–Trinajstić information content (AvgIpc) is 3.23. The molecule has 1 aromatic heterocycles. The summed E-state index contributed by atoms with van der Waals surface area (Å²) in [6.45, 7) is -4.47. The van der Waals surface area contributed by atoms with Gasteiger partial charge in [-0.05, 0) is 36.4 Å². The SMILES string of the molecule is OC(COc1cccc(-[s+]2c3ccccc3c3c(OCC(O)(C(F)(F)F)C(F)(F)F)cccc32)c1)(C(F)(F)F)C(F)(F)F. The van der Waals surface area contributed by atoms with E-state index in [2.05, 4.69) is 0 Å². The van der Waals surface area contributed by atoms with E-state index >= 15 is 0 Å². The molecule has 0 saturated heterocycles. The Morgan fingerprint density at radius 2 is 1.05 bits per heavy atom. The van der Waals surface area contributed by atoms with Gasteiger partial charge in [0.15, 0.2) is 14.3 Å². The molecule has 43 heavy (non-hydrogen) atoms. The number of aliphatic hydroxyl groups is 2. The Balaban J connectivity index is 1.79. The van der Waals surface area contributed by atoms with Crippen molar-refractivity contribution < 1.29 is 72.4 Å². The van der Waals surface area contributed by atoms with E-state index in [1.165, 1.54) is 36.4 Å². The molecule has 3 aromatic carbocycles. The molecule has 4 rings (SSSR count). The van der Waals surface area contributed by atoms with E-state index in [1.807, 2.05) is 0 Å². The molecule has 0 aliphatic rings. The highest BCUT2D eigenvalue weighted by atomic mass is 32.2. The Morgan fingerprint density at radius 3 is 1.60 bits per heavy atom. The summed E-state index contributed by atoms with van der Waals surface area (Å²) in [7, 11) is -1.25. The fourth-order valence-corrected chi connectivity index (χ4v) is 6.43. The molecule has 4 aromatic rings. The number of hydrogen-bond donors (Lipinski definition) is 2. The highest BCUT2D eigenvalue weighted by Gasteiger charge is 2.72. The number of alkyl halides is 12. The maximum absolute atomic E-state index is 13.2. The lowest BCUT2D eigenvalue weighted by atomic mass is 10.0. The van der Waals surface area contributed by atoms with E-state index in [0.717, 1.165) is 18.2 Å². The molecule has 2 N–H and O–H groups in total. The molecule has 0 radical (unpaired) electrons. The second-order valence-electron chi connectivity index (χ2n) is 9.20. The second kappa shape index (κ2) is 10.6. The van der Waals surface area contributed by atoms with E-state index in [-0.39, 0.29) is 15.0 Å². The van der Waals surface area contributed by atoms with Crippen molar-refractivity contribution in [3.8, 4) is 16.4 Å². The van der Waals surface area contributed by atoms with Crippen LogP contribution in [-0.2, 0) is 0 Å². The molecule has 0 bridgehead atoms. The summed E-state index contributed by atoms with van der Waals surface area (Å²) in [5, 5.41) is 19.3. The molecule has 1 heterocycles. The van der Waals surface area contributed by atoms with Gasteiger partial charge in [-0.25, -0.2) is 0 Å². The van der Waals surface area contributed by atoms with Gasteiger partial charge in [-0.3, -0.25) is 0 Å². The van der Waals surface area contributed by atoms with Crippen LogP contribution in [0.5, 0.6) is 11.5 Å². The second-order valence-corrected chi connectivity index (χ2v) is 11.2. The molecule has 1 unspecified atom stereocenters. The molecule has 234 valence electrons. The third kappa shape index (κ3) is 5.64. The van der Waals surface area contributed by atoms with E-state index in [0.29, 0.717) is 10.1 Å². The maximum atomic E-state index is 13.2. The number of rotatable bonds is 7. The van der Waals surface area contributed by atoms with Crippen molar-refractivity contribution >= 4 is 30.6 Å². The van der Waals surface area contributed by atoms with Crippen molar-refractivity contribution in [2.24, 2.45) is 0 Å². The van der Waals surface area contributed by atoms with Crippen LogP contribution in [0.15, 0.2) is 66.7 Å². The van der Waals surface area contributed by atoms with Gasteiger partial charge in [0.25, 0.3) is 11.2 Å². The van der Waals surface area contributed by atoms with Crippen molar-refractivity contribution in [2.45, 2.75) is 35.9 Å². The predicted octanol–water partition coefficient (Wildman–Crippen LogP) is 8.20. The number of ether oxygens (including phenoxy) is 2. The van der Waals surface area contributed by atoms with Crippen LogP contribution in [0.2, 0.25) is 0 Å². The van der Waals surface area contributed by atoms with Gasteiger partial charge in [-0.2, -0.15) is 52.7 Å². The minimum absolute atomic E-state index is 0.0583. The molecule has 0 aliphatic carbocycles. The summed E-state index contributed by atoms with van der Waals surface area (Å²) in [4.78, 5) is 0.227. The smallest absolute Gasteiger partial charge is 0.429 e. The molecule has 17 heteroatoms. The lowest BCUT2D eigenvalue weighted by Crippen LogP contribution is -2.60. The number of thiophene rings is 1. The lowest BCUT2D eigenvalue weighted by Gasteiger charge is -2.31. The standard InChI is InChI=1S/C26H17F12O4S/c27-23(28,29)21(39,24(30,31)32)12-41-14-5-3-6-15(11-14)43-18-9-2-1-7-16(18)20-17(8-4-10-19(20)43)42-13-22(40,25(33,34)35)26(36,37)38/h1-11,39-40H,12-13H2/q+1. The molecule has 0 amide bonds. The van der Waals surface area contributed by atoms with Crippen molar-refractivity contribution in [1.82, 2.24) is 0 Å². The first-order valence-corrected chi connectivity index (χ1v) is 12.9. The first-order valence-electron chi connectivity index (χ1n) is 11.7. The Kier molecular flexibility index (Phi) is 8.02. The molecule has 4 nitrogen and oxygen atoms in total. The summed E-state index contributed by atoms with van der Waals surface area (Å²) in [6.07, 6.45) is -24.5. The predicted molar refractivity (Wildman–Crippen MR) is 130 cm³/mol. The van der Waals surface area contributed by atoms with Crippen LogP contribution >= 0.6 is 10.5 Å². The van der Waals surface area contributed by atoms with Gasteiger partial charge in [-0.15, -0.1) is 0 Å². The molecule has 0 spiro atoms. The zero-order chi connectivity index (χ0) is 32.2. The Hall–Kier alpha value is -3.44. The van der Waals surface area contributed by atoms with E-state index < -0.39 is 71.1 Å². The van der Waals surface area contributed by atoms with Gasteiger partial charge in [0.1, 0.15) is 24.7 Å². The van der Waals surface area contributed by atoms with Gasteiger partial charge in [0, 0.05) is 16.5 Å². The van der Waals surface area contributed by atoms with Crippen LogP contribution in [0, 0.1) is 0 Å². The van der Waals surface area contributed by atoms with E-state index in [4.69, 9.17) is 9.47 Å². The van der Waals surface area contributed by atoms with Crippen molar-refractivity contribution in [2.75, 3.05) is 13.2 Å². The number of benzene rings is 3. The average molecular weight is 653 g/mol. The van der Waals surface area contributed by atoms with Crippen LogP contribution in [0.1, 0.15) is 0 Å². The van der Waals surface area contributed by atoms with Crippen molar-refractivity contribution in [1.29, 1.82) is 0 Å². The fraction of sp³-hybridized carbons (Fsp3) is 0.308. The topological polar surface area (TPSA) is 58.9 Å². The summed E-state index contributed by atoms with van der Waals surface area (Å²) < 4.78 is 168. The van der Waals surface area contributed by atoms with Crippen LogP contribution in [0.4, 0.5) is 52.7 Å². The third-order valence-electron chi connectivity index (χ3n) is 6.39. The van der Waals surface area contributed by atoms with Crippen LogP contribution < -0.4 is 9.47 Å². The number of fused-ring (bicyclic) bond motifs is 3. The quantitative estimate of drug-likeness (QED) is 0.156. The monoisotopic (exact) mass is 653 g/mol. The summed E-state index contributed by atoms with van der Waals surface area (Å²) in [5.41, 5.74) is -10.4. The molecule has 0 aliphatic heterocycles. The lowest BCUT2D eigenvalue weighted by molar-refractivity contribution is -0.374. The number of hydrogen-bond acceptors (Lipinski definition) is 4. The van der Waals surface area contributed by atoms with Crippen LogP contribution in [0.25, 0.3) is 25.1 Å².